The lowest BCUT2D eigenvalue weighted by atomic mass is 10.0. The van der Waals surface area contributed by atoms with Gasteiger partial charge in [0.2, 0.25) is 0 Å². The summed E-state index contributed by atoms with van der Waals surface area (Å²) in [5, 5.41) is 9.92. The number of alkyl halides is 1. The first kappa shape index (κ1) is 12.5. The maximum atomic E-state index is 13.7. The van der Waals surface area contributed by atoms with Gasteiger partial charge in [-0.3, -0.25) is 10.1 Å². The fourth-order valence-electron chi connectivity index (χ4n) is 1.64. The summed E-state index contributed by atoms with van der Waals surface area (Å²) in [6.45, 7) is 0. The summed E-state index contributed by atoms with van der Waals surface area (Å²) in [6.07, 6.45) is 0. The van der Waals surface area contributed by atoms with Crippen LogP contribution in [0.4, 0.5) is 10.1 Å². The maximum absolute atomic E-state index is 13.7. The van der Waals surface area contributed by atoms with E-state index in [1.807, 2.05) is 6.07 Å². The molecule has 2 rings (SSSR count). The van der Waals surface area contributed by atoms with Gasteiger partial charge in [0, 0.05) is 17.7 Å². The van der Waals surface area contributed by atoms with E-state index in [-0.39, 0.29) is 11.3 Å². The number of nitro benzene ring substituents is 1. The summed E-state index contributed by atoms with van der Waals surface area (Å²) in [7, 11) is 0. The number of rotatable bonds is 3. The Morgan fingerprint density at radius 3 is 2.44 bits per heavy atom. The Labute approximate surface area is 108 Å². The molecule has 0 amide bonds. The van der Waals surface area contributed by atoms with E-state index in [9.17, 15) is 14.5 Å². The number of halogens is 2. The molecule has 0 bridgehead atoms. The van der Waals surface area contributed by atoms with Gasteiger partial charge in [-0.2, -0.15) is 0 Å². The van der Waals surface area contributed by atoms with Crippen molar-refractivity contribution in [2.75, 3.05) is 0 Å². The van der Waals surface area contributed by atoms with E-state index < -0.39 is 16.1 Å². The first-order valence-corrected chi connectivity index (χ1v) is 5.66. The summed E-state index contributed by atoms with van der Waals surface area (Å²) >= 11 is 6.15. The minimum atomic E-state index is -0.744. The third-order valence-corrected chi connectivity index (χ3v) is 3.04. The first-order chi connectivity index (χ1) is 8.59. The largest absolute Gasteiger partial charge is 0.269 e. The fraction of sp³-hybridized carbons (Fsp3) is 0.0769. The molecule has 0 saturated carbocycles. The van der Waals surface area contributed by atoms with Crippen LogP contribution in [0.5, 0.6) is 0 Å². The van der Waals surface area contributed by atoms with Gasteiger partial charge >= 0.3 is 0 Å². The van der Waals surface area contributed by atoms with Crippen LogP contribution in [0.15, 0.2) is 48.5 Å². The monoisotopic (exact) mass is 265 g/mol. The molecule has 2 aromatic carbocycles. The van der Waals surface area contributed by atoms with E-state index in [0.717, 1.165) is 12.1 Å². The Morgan fingerprint density at radius 1 is 1.17 bits per heavy atom. The molecule has 1 atom stereocenters. The van der Waals surface area contributed by atoms with Crippen molar-refractivity contribution in [1.29, 1.82) is 0 Å². The van der Waals surface area contributed by atoms with Crippen molar-refractivity contribution in [2.45, 2.75) is 5.38 Å². The zero-order chi connectivity index (χ0) is 13.1. The van der Waals surface area contributed by atoms with Crippen LogP contribution >= 0.6 is 11.6 Å². The molecular formula is C13H9ClFNO2. The van der Waals surface area contributed by atoms with Crippen LogP contribution in [0.2, 0.25) is 0 Å². The number of benzene rings is 2. The number of hydrogen-bond donors (Lipinski definition) is 0. The topological polar surface area (TPSA) is 43.1 Å². The van der Waals surface area contributed by atoms with Crippen LogP contribution in [0.3, 0.4) is 0 Å². The molecule has 0 aromatic heterocycles. The normalized spacial score (nSPS) is 12.1. The molecule has 0 spiro atoms. The fourth-order valence-corrected chi connectivity index (χ4v) is 1.95. The van der Waals surface area contributed by atoms with Gasteiger partial charge in [-0.1, -0.05) is 30.3 Å². The molecule has 0 aliphatic carbocycles. The molecule has 0 aliphatic heterocycles. The average molecular weight is 266 g/mol. The van der Waals surface area contributed by atoms with Crippen molar-refractivity contribution in [2.24, 2.45) is 0 Å². The zero-order valence-corrected chi connectivity index (χ0v) is 9.97. The highest BCUT2D eigenvalue weighted by atomic mass is 35.5. The standard InChI is InChI=1S/C13H9ClFNO2/c14-13(9-4-2-1-3-5-9)11-8-10(16(17)18)6-7-12(11)15/h1-8,13H. The minimum Gasteiger partial charge on any atom is -0.258 e. The minimum absolute atomic E-state index is 0.108. The Bertz CT molecular complexity index is 574. The molecule has 2 aromatic rings. The Kier molecular flexibility index (Phi) is 3.58. The maximum Gasteiger partial charge on any atom is 0.269 e. The van der Waals surface area contributed by atoms with Crippen LogP contribution < -0.4 is 0 Å². The SMILES string of the molecule is O=[N+]([O-])c1ccc(F)c(C(Cl)c2ccccc2)c1. The molecule has 92 valence electrons. The number of non-ortho nitro benzene ring substituents is 1. The third-order valence-electron chi connectivity index (χ3n) is 2.56. The molecule has 0 fully saturated rings. The molecule has 3 nitrogen and oxygen atoms in total. The molecule has 5 heteroatoms. The lowest BCUT2D eigenvalue weighted by molar-refractivity contribution is -0.385. The van der Waals surface area contributed by atoms with E-state index >= 15 is 0 Å². The molecule has 0 aliphatic rings. The van der Waals surface area contributed by atoms with Crippen LogP contribution in [0.25, 0.3) is 0 Å². The number of nitrogens with zero attached hydrogens (tertiary/aromatic N) is 1. The quantitative estimate of drug-likeness (QED) is 0.477. The van der Waals surface area contributed by atoms with Crippen molar-refractivity contribution >= 4 is 17.3 Å². The van der Waals surface area contributed by atoms with E-state index in [0.29, 0.717) is 5.56 Å². The Balaban J connectivity index is 2.44. The molecule has 1 unspecified atom stereocenters. The molecule has 0 radical (unpaired) electrons. The number of nitro groups is 1. The molecule has 0 N–H and O–H groups in total. The summed E-state index contributed by atoms with van der Waals surface area (Å²) in [6, 6.07) is 12.2. The Morgan fingerprint density at radius 2 is 1.83 bits per heavy atom. The molecular weight excluding hydrogens is 257 g/mol. The van der Waals surface area contributed by atoms with Crippen LogP contribution in [-0.2, 0) is 0 Å². The van der Waals surface area contributed by atoms with E-state index in [2.05, 4.69) is 0 Å². The molecule has 0 saturated heterocycles. The van der Waals surface area contributed by atoms with Gasteiger partial charge in [-0.05, 0) is 11.6 Å². The second kappa shape index (κ2) is 5.14. The van der Waals surface area contributed by atoms with Crippen molar-refractivity contribution in [1.82, 2.24) is 0 Å². The lowest BCUT2D eigenvalue weighted by Crippen LogP contribution is -1.99. The highest BCUT2D eigenvalue weighted by Crippen LogP contribution is 2.32. The third kappa shape index (κ3) is 2.49. The molecule has 18 heavy (non-hydrogen) atoms. The van der Waals surface area contributed by atoms with E-state index in [1.54, 1.807) is 24.3 Å². The second-order valence-electron chi connectivity index (χ2n) is 3.74. The van der Waals surface area contributed by atoms with Gasteiger partial charge < -0.3 is 0 Å². The zero-order valence-electron chi connectivity index (χ0n) is 9.22. The highest BCUT2D eigenvalue weighted by molar-refractivity contribution is 6.22. The van der Waals surface area contributed by atoms with E-state index in [1.165, 1.54) is 6.07 Å². The van der Waals surface area contributed by atoms with Gasteiger partial charge in [0.05, 0.1) is 10.3 Å². The van der Waals surface area contributed by atoms with Gasteiger partial charge in [0.15, 0.2) is 0 Å². The Hall–Kier alpha value is -1.94. The highest BCUT2D eigenvalue weighted by Gasteiger charge is 2.18. The van der Waals surface area contributed by atoms with Crippen LogP contribution in [0.1, 0.15) is 16.5 Å². The summed E-state index contributed by atoms with van der Waals surface area (Å²) in [5.74, 6) is -0.551. The smallest absolute Gasteiger partial charge is 0.258 e. The van der Waals surface area contributed by atoms with Gasteiger partial charge in [-0.25, -0.2) is 4.39 Å². The summed E-state index contributed by atoms with van der Waals surface area (Å²) in [4.78, 5) is 10.1. The lowest BCUT2D eigenvalue weighted by Gasteiger charge is -2.10. The molecule has 0 heterocycles. The predicted molar refractivity (Wildman–Crippen MR) is 67.2 cm³/mol. The van der Waals surface area contributed by atoms with Gasteiger partial charge in [0.1, 0.15) is 5.82 Å². The van der Waals surface area contributed by atoms with Gasteiger partial charge in [0.25, 0.3) is 5.69 Å². The van der Waals surface area contributed by atoms with Crippen molar-refractivity contribution in [3.63, 3.8) is 0 Å². The van der Waals surface area contributed by atoms with Gasteiger partial charge in [-0.15, -0.1) is 11.6 Å². The van der Waals surface area contributed by atoms with Crippen LogP contribution in [0, 0.1) is 15.9 Å². The summed E-state index contributed by atoms with van der Waals surface area (Å²) in [5.41, 5.74) is 0.628. The van der Waals surface area contributed by atoms with Crippen molar-refractivity contribution in [3.8, 4) is 0 Å². The first-order valence-electron chi connectivity index (χ1n) is 5.22. The summed E-state index contributed by atoms with van der Waals surface area (Å²) < 4.78 is 13.7. The number of hydrogen-bond acceptors (Lipinski definition) is 2. The predicted octanol–water partition coefficient (Wildman–Crippen LogP) is 4.06. The van der Waals surface area contributed by atoms with E-state index in [4.69, 9.17) is 11.6 Å². The van der Waals surface area contributed by atoms with Crippen molar-refractivity contribution < 1.29 is 9.31 Å². The van der Waals surface area contributed by atoms with Crippen LogP contribution in [-0.4, -0.2) is 4.92 Å². The second-order valence-corrected chi connectivity index (χ2v) is 4.17. The van der Waals surface area contributed by atoms with Crippen molar-refractivity contribution in [3.05, 3.63) is 75.6 Å². The average Bonchev–Trinajstić information content (AvgIpc) is 2.39.